The SMILES string of the molecule is c1ccc2c3c(ncc2c1)NCCC3. The standard InChI is InChI=1S/C12H12N2/c1-2-5-10-9(4-1)8-14-12-11(10)6-3-7-13-12/h1-2,4-5,8H,3,6-7H2,(H,13,14). The number of aryl methyl sites for hydroxylation is 1. The van der Waals surface area contributed by atoms with Gasteiger partial charge >= 0.3 is 0 Å². The van der Waals surface area contributed by atoms with Crippen LogP contribution >= 0.6 is 0 Å². The molecule has 2 aromatic rings. The third-order valence-electron chi connectivity index (χ3n) is 2.80. The smallest absolute Gasteiger partial charge is 0.129 e. The number of pyridine rings is 1. The van der Waals surface area contributed by atoms with Crippen LogP contribution in [0, 0.1) is 0 Å². The van der Waals surface area contributed by atoms with Crippen LogP contribution in [0.3, 0.4) is 0 Å². The van der Waals surface area contributed by atoms with E-state index in [9.17, 15) is 0 Å². The van der Waals surface area contributed by atoms with Gasteiger partial charge in [0.15, 0.2) is 0 Å². The van der Waals surface area contributed by atoms with Gasteiger partial charge in [-0.3, -0.25) is 0 Å². The zero-order chi connectivity index (χ0) is 9.38. The van der Waals surface area contributed by atoms with Crippen LogP contribution in [0.2, 0.25) is 0 Å². The number of hydrogen-bond donors (Lipinski definition) is 1. The molecule has 14 heavy (non-hydrogen) atoms. The van der Waals surface area contributed by atoms with E-state index in [0.717, 1.165) is 18.8 Å². The lowest BCUT2D eigenvalue weighted by Crippen LogP contribution is -2.13. The van der Waals surface area contributed by atoms with Gasteiger partial charge in [-0.15, -0.1) is 0 Å². The predicted octanol–water partition coefficient (Wildman–Crippen LogP) is 2.59. The molecule has 70 valence electrons. The summed E-state index contributed by atoms with van der Waals surface area (Å²) in [4.78, 5) is 4.44. The minimum Gasteiger partial charge on any atom is -0.370 e. The Balaban J connectivity index is 2.34. The Morgan fingerprint density at radius 1 is 1.21 bits per heavy atom. The van der Waals surface area contributed by atoms with E-state index in [-0.39, 0.29) is 0 Å². The average molecular weight is 184 g/mol. The number of anilines is 1. The van der Waals surface area contributed by atoms with E-state index in [0.29, 0.717) is 0 Å². The Bertz CT molecular complexity index is 477. The highest BCUT2D eigenvalue weighted by Gasteiger charge is 2.12. The molecule has 0 amide bonds. The molecule has 3 rings (SSSR count). The minimum absolute atomic E-state index is 1.05. The maximum Gasteiger partial charge on any atom is 0.129 e. The van der Waals surface area contributed by atoms with Gasteiger partial charge in [0.2, 0.25) is 0 Å². The fourth-order valence-corrected chi connectivity index (χ4v) is 2.10. The molecule has 1 aliphatic heterocycles. The first kappa shape index (κ1) is 7.80. The first-order valence-electron chi connectivity index (χ1n) is 5.05. The molecular formula is C12H12N2. The van der Waals surface area contributed by atoms with Crippen LogP contribution in [0.5, 0.6) is 0 Å². The van der Waals surface area contributed by atoms with Crippen molar-refractivity contribution < 1.29 is 0 Å². The maximum absolute atomic E-state index is 4.44. The zero-order valence-electron chi connectivity index (χ0n) is 7.96. The fraction of sp³-hybridized carbons (Fsp3) is 0.250. The molecule has 1 N–H and O–H groups in total. The van der Waals surface area contributed by atoms with Crippen molar-refractivity contribution in [1.29, 1.82) is 0 Å². The van der Waals surface area contributed by atoms with Gasteiger partial charge in [0.1, 0.15) is 5.82 Å². The van der Waals surface area contributed by atoms with Gasteiger partial charge in [-0.2, -0.15) is 0 Å². The molecule has 0 unspecified atom stereocenters. The van der Waals surface area contributed by atoms with Gasteiger partial charge in [0.05, 0.1) is 0 Å². The zero-order valence-corrected chi connectivity index (χ0v) is 7.96. The first-order valence-corrected chi connectivity index (χ1v) is 5.05. The number of benzene rings is 1. The van der Waals surface area contributed by atoms with Gasteiger partial charge in [-0.25, -0.2) is 4.98 Å². The van der Waals surface area contributed by atoms with Crippen LogP contribution < -0.4 is 5.32 Å². The topological polar surface area (TPSA) is 24.9 Å². The molecule has 1 aliphatic rings. The lowest BCUT2D eigenvalue weighted by Gasteiger charge is -2.18. The van der Waals surface area contributed by atoms with Crippen molar-refractivity contribution in [2.75, 3.05) is 11.9 Å². The van der Waals surface area contributed by atoms with Crippen LogP contribution in [-0.4, -0.2) is 11.5 Å². The molecule has 2 nitrogen and oxygen atoms in total. The van der Waals surface area contributed by atoms with Crippen LogP contribution in [0.25, 0.3) is 10.8 Å². The molecule has 0 radical (unpaired) electrons. The molecular weight excluding hydrogens is 172 g/mol. The van der Waals surface area contributed by atoms with E-state index >= 15 is 0 Å². The number of nitrogens with one attached hydrogen (secondary N) is 1. The average Bonchev–Trinajstić information content (AvgIpc) is 2.29. The van der Waals surface area contributed by atoms with Gasteiger partial charge in [-0.1, -0.05) is 24.3 Å². The summed E-state index contributed by atoms with van der Waals surface area (Å²) in [6.07, 6.45) is 4.31. The molecule has 1 aromatic heterocycles. The molecule has 2 heteroatoms. The van der Waals surface area contributed by atoms with Crippen molar-refractivity contribution in [3.8, 4) is 0 Å². The van der Waals surface area contributed by atoms with Crippen molar-refractivity contribution in [2.45, 2.75) is 12.8 Å². The largest absolute Gasteiger partial charge is 0.370 e. The van der Waals surface area contributed by atoms with Gasteiger partial charge < -0.3 is 5.32 Å². The highest BCUT2D eigenvalue weighted by Crippen LogP contribution is 2.27. The third kappa shape index (κ3) is 1.07. The number of aromatic nitrogens is 1. The number of rotatable bonds is 0. The Labute approximate surface area is 83.0 Å². The van der Waals surface area contributed by atoms with Crippen molar-refractivity contribution >= 4 is 16.6 Å². The Morgan fingerprint density at radius 3 is 3.14 bits per heavy atom. The summed E-state index contributed by atoms with van der Waals surface area (Å²) >= 11 is 0. The summed E-state index contributed by atoms with van der Waals surface area (Å²) in [7, 11) is 0. The molecule has 0 aliphatic carbocycles. The Kier molecular flexibility index (Phi) is 1.66. The van der Waals surface area contributed by atoms with Crippen LogP contribution in [-0.2, 0) is 6.42 Å². The van der Waals surface area contributed by atoms with Crippen molar-refractivity contribution in [2.24, 2.45) is 0 Å². The van der Waals surface area contributed by atoms with Crippen LogP contribution in [0.15, 0.2) is 30.5 Å². The highest BCUT2D eigenvalue weighted by atomic mass is 15.0. The number of nitrogens with zero attached hydrogens (tertiary/aromatic N) is 1. The lowest BCUT2D eigenvalue weighted by molar-refractivity contribution is 0.825. The minimum atomic E-state index is 1.05. The van der Waals surface area contributed by atoms with E-state index in [4.69, 9.17) is 0 Å². The van der Waals surface area contributed by atoms with Crippen LogP contribution in [0.1, 0.15) is 12.0 Å². The fourth-order valence-electron chi connectivity index (χ4n) is 2.10. The molecule has 0 fully saturated rings. The Morgan fingerprint density at radius 2 is 2.14 bits per heavy atom. The van der Waals surface area contributed by atoms with E-state index in [1.165, 1.54) is 22.8 Å². The summed E-state index contributed by atoms with van der Waals surface area (Å²) in [5.74, 6) is 1.08. The second kappa shape index (κ2) is 2.98. The second-order valence-electron chi connectivity index (χ2n) is 3.70. The lowest BCUT2D eigenvalue weighted by atomic mass is 10.0. The number of fused-ring (bicyclic) bond motifs is 3. The molecule has 2 heterocycles. The van der Waals surface area contributed by atoms with E-state index < -0.39 is 0 Å². The molecule has 0 spiro atoms. The number of hydrogen-bond acceptors (Lipinski definition) is 2. The summed E-state index contributed by atoms with van der Waals surface area (Å²) < 4.78 is 0. The first-order chi connectivity index (χ1) is 6.95. The van der Waals surface area contributed by atoms with Gasteiger partial charge in [0.25, 0.3) is 0 Å². The quantitative estimate of drug-likeness (QED) is 0.680. The van der Waals surface area contributed by atoms with E-state index in [1.807, 2.05) is 6.20 Å². The summed E-state index contributed by atoms with van der Waals surface area (Å²) in [5.41, 5.74) is 1.38. The summed E-state index contributed by atoms with van der Waals surface area (Å²) in [6, 6.07) is 8.46. The molecule has 0 atom stereocenters. The molecule has 0 bridgehead atoms. The van der Waals surface area contributed by atoms with E-state index in [2.05, 4.69) is 34.6 Å². The molecule has 0 saturated heterocycles. The third-order valence-corrected chi connectivity index (χ3v) is 2.80. The normalized spacial score (nSPS) is 14.9. The van der Waals surface area contributed by atoms with Crippen LogP contribution in [0.4, 0.5) is 5.82 Å². The van der Waals surface area contributed by atoms with Crippen molar-refractivity contribution in [3.05, 3.63) is 36.0 Å². The Hall–Kier alpha value is -1.57. The molecule has 1 aromatic carbocycles. The highest BCUT2D eigenvalue weighted by molar-refractivity contribution is 5.88. The second-order valence-corrected chi connectivity index (χ2v) is 3.70. The maximum atomic E-state index is 4.44. The van der Waals surface area contributed by atoms with Crippen molar-refractivity contribution in [3.63, 3.8) is 0 Å². The van der Waals surface area contributed by atoms with Crippen molar-refractivity contribution in [1.82, 2.24) is 4.98 Å². The summed E-state index contributed by atoms with van der Waals surface area (Å²) in [5, 5.41) is 5.94. The monoisotopic (exact) mass is 184 g/mol. The predicted molar refractivity (Wildman–Crippen MR) is 58.6 cm³/mol. The van der Waals surface area contributed by atoms with Gasteiger partial charge in [-0.05, 0) is 18.2 Å². The van der Waals surface area contributed by atoms with Gasteiger partial charge in [0, 0.05) is 23.7 Å². The summed E-state index contributed by atoms with van der Waals surface area (Å²) in [6.45, 7) is 1.05. The molecule has 0 saturated carbocycles. The van der Waals surface area contributed by atoms with E-state index in [1.54, 1.807) is 0 Å².